The van der Waals surface area contributed by atoms with Crippen LogP contribution in [0.3, 0.4) is 0 Å². The Kier molecular flexibility index (Phi) is 23.6. The third-order valence-electron chi connectivity index (χ3n) is 2.04. The summed E-state index contributed by atoms with van der Waals surface area (Å²) in [6.45, 7) is 0. The molecule has 8 N–H and O–H groups in total. The molecule has 0 saturated carbocycles. The van der Waals surface area contributed by atoms with Crippen molar-refractivity contribution in [3.8, 4) is 0 Å². The van der Waals surface area contributed by atoms with E-state index in [1.807, 2.05) is 0 Å². The van der Waals surface area contributed by atoms with E-state index in [4.69, 9.17) is 0 Å². The molecule has 14 heteroatoms. The van der Waals surface area contributed by atoms with E-state index < -0.39 is 46.1 Å². The summed E-state index contributed by atoms with van der Waals surface area (Å²) >= 11 is 0. The minimum Gasteiger partial charge on any atom is -0.693 e. The zero-order chi connectivity index (χ0) is 14.0. The molecular formula is C10H10N4O8Pt2. The first-order chi connectivity index (χ1) is 8.25. The van der Waals surface area contributed by atoms with Crippen LogP contribution in [0.25, 0.3) is 24.6 Å². The normalized spacial score (nSPS) is 7.33. The number of nitrogens with two attached hydrogens (primary N) is 4. The molecule has 0 amide bonds. The van der Waals surface area contributed by atoms with Crippen LogP contribution in [0, 0.1) is 0 Å². The summed E-state index contributed by atoms with van der Waals surface area (Å²) < 4.78 is 0. The van der Waals surface area contributed by atoms with Crippen LogP contribution in [0.1, 0.15) is 41.4 Å². The molecule has 0 bridgehead atoms. The van der Waals surface area contributed by atoms with Crippen LogP contribution in [-0.2, 0) is 42.1 Å². The first-order valence-corrected chi connectivity index (χ1v) is 4.29. The minimum absolute atomic E-state index is 0. The fraction of sp³-hybridized carbons (Fsp3) is 0. The van der Waals surface area contributed by atoms with Crippen molar-refractivity contribution < 1.29 is 81.7 Å². The molecule has 12 nitrogen and oxygen atoms in total. The Bertz CT molecular complexity index is 498. The first kappa shape index (κ1) is 38.1. The van der Waals surface area contributed by atoms with E-state index in [-0.39, 0.29) is 66.7 Å². The predicted octanol–water partition coefficient (Wildman–Crippen LogP) is -2.00. The predicted molar refractivity (Wildman–Crippen MR) is 64.9 cm³/mol. The van der Waals surface area contributed by atoms with Gasteiger partial charge in [-0.2, -0.15) is 0 Å². The van der Waals surface area contributed by atoms with Gasteiger partial charge in [-0.3, -0.25) is 0 Å². The Balaban J connectivity index is -0.000000135. The third kappa shape index (κ3) is 8.25. The molecule has 138 valence electrons. The summed E-state index contributed by atoms with van der Waals surface area (Å²) in [6.07, 6.45) is 0. The fourth-order valence-electron chi connectivity index (χ4n) is 1.28. The van der Waals surface area contributed by atoms with Crippen molar-refractivity contribution in [3.63, 3.8) is 0 Å². The average Bonchev–Trinajstić information content (AvgIpc) is 2.26. The van der Waals surface area contributed by atoms with Crippen molar-refractivity contribution >= 4 is 23.9 Å². The second-order valence-electron chi connectivity index (χ2n) is 3.09. The van der Waals surface area contributed by atoms with Gasteiger partial charge in [-0.25, -0.2) is 0 Å². The largest absolute Gasteiger partial charge is 4.00 e. The van der Waals surface area contributed by atoms with Gasteiger partial charge in [-0.1, -0.05) is 0 Å². The number of carbonyl (C=O) groups excluding carboxylic acids is 4. The number of rotatable bonds is 4. The maximum absolute atomic E-state index is 10.6. The van der Waals surface area contributed by atoms with Gasteiger partial charge in [0, 0.05) is 22.3 Å². The topological polar surface area (TPSA) is 295 Å². The summed E-state index contributed by atoms with van der Waals surface area (Å²) in [5, 5.41) is 42.4. The van der Waals surface area contributed by atoms with E-state index in [2.05, 4.69) is 0 Å². The molecule has 1 aromatic rings. The molecule has 0 aromatic heterocycles. The van der Waals surface area contributed by atoms with Crippen LogP contribution >= 0.6 is 0 Å². The summed E-state index contributed by atoms with van der Waals surface area (Å²) in [4.78, 5) is 42.4. The molecule has 0 radical (unpaired) electrons. The van der Waals surface area contributed by atoms with E-state index in [0.29, 0.717) is 12.1 Å². The number of carbonyl (C=O) groups is 4. The molecule has 0 saturated heterocycles. The Morgan fingerprint density at radius 3 is 0.708 bits per heavy atom. The smallest absolute Gasteiger partial charge is 0.693 e. The number of carboxylic acid groups (broad SMARTS) is 4. The maximum Gasteiger partial charge on any atom is 4.00 e. The number of aromatic carboxylic acids is 4. The number of benzene rings is 1. The number of hydrogen-bond acceptors (Lipinski definition) is 8. The van der Waals surface area contributed by atoms with Crippen molar-refractivity contribution in [1.29, 1.82) is 0 Å². The molecule has 0 aliphatic rings. The van der Waals surface area contributed by atoms with Crippen LogP contribution in [0.5, 0.6) is 0 Å². The second kappa shape index (κ2) is 14.9. The molecule has 0 spiro atoms. The van der Waals surface area contributed by atoms with E-state index >= 15 is 0 Å². The Hall–Kier alpha value is -1.68. The van der Waals surface area contributed by atoms with E-state index in [0.717, 1.165) is 0 Å². The van der Waals surface area contributed by atoms with Gasteiger partial charge < -0.3 is 64.2 Å². The van der Waals surface area contributed by atoms with Crippen LogP contribution in [0.15, 0.2) is 12.1 Å². The van der Waals surface area contributed by atoms with Gasteiger partial charge >= 0.3 is 42.1 Å². The maximum atomic E-state index is 10.6. The van der Waals surface area contributed by atoms with Gasteiger partial charge in [0.2, 0.25) is 0 Å². The molecule has 0 unspecified atom stereocenters. The van der Waals surface area contributed by atoms with Gasteiger partial charge in [-0.15, -0.1) is 0 Å². The molecule has 24 heavy (non-hydrogen) atoms. The van der Waals surface area contributed by atoms with E-state index in [1.54, 1.807) is 0 Å². The zero-order valence-electron chi connectivity index (χ0n) is 11.4. The van der Waals surface area contributed by atoms with Crippen LogP contribution < -0.4 is 20.4 Å². The minimum atomic E-state index is -2.00. The molecule has 0 fully saturated rings. The third-order valence-corrected chi connectivity index (χ3v) is 2.04. The van der Waals surface area contributed by atoms with Crippen molar-refractivity contribution in [2.75, 3.05) is 0 Å². The quantitative estimate of drug-likeness (QED) is 0.337. The second-order valence-corrected chi connectivity index (χ2v) is 3.09. The van der Waals surface area contributed by atoms with Crippen molar-refractivity contribution in [3.05, 3.63) is 59.0 Å². The molecular weight excluding hydrogens is 694 g/mol. The summed E-state index contributed by atoms with van der Waals surface area (Å²) in [7, 11) is 0. The van der Waals surface area contributed by atoms with E-state index in [1.165, 1.54) is 0 Å². The Labute approximate surface area is 164 Å². The Morgan fingerprint density at radius 2 is 0.625 bits per heavy atom. The van der Waals surface area contributed by atoms with Crippen LogP contribution in [0.2, 0.25) is 0 Å². The van der Waals surface area contributed by atoms with Crippen LogP contribution in [-0.4, -0.2) is 23.9 Å². The summed E-state index contributed by atoms with van der Waals surface area (Å²) in [6, 6.07) is 0.613. The number of hydrogen-bond donors (Lipinski definition) is 0. The SMILES string of the molecule is O=C([O-])c1cc(C(=O)[O-])c(C(=O)[O-])cc1C(=O)[O-].[NH2-].[NH2-].[NH2-].[NH2-].[Pt+4].[Pt+4]. The Morgan fingerprint density at radius 1 is 0.500 bits per heavy atom. The monoisotopic (exact) mass is 704 g/mol. The van der Waals surface area contributed by atoms with Gasteiger partial charge in [-0.05, 0) is 12.1 Å². The molecule has 1 aromatic carbocycles. The summed E-state index contributed by atoms with van der Waals surface area (Å²) in [5.41, 5.74) is -4.11. The van der Waals surface area contributed by atoms with Crippen molar-refractivity contribution in [1.82, 2.24) is 0 Å². The molecule has 0 heterocycles. The molecule has 0 aliphatic heterocycles. The van der Waals surface area contributed by atoms with Gasteiger partial charge in [0.1, 0.15) is 0 Å². The zero-order valence-corrected chi connectivity index (χ0v) is 15.9. The summed E-state index contributed by atoms with van der Waals surface area (Å²) in [5.74, 6) is -7.99. The van der Waals surface area contributed by atoms with E-state index in [9.17, 15) is 39.6 Å². The van der Waals surface area contributed by atoms with Gasteiger partial charge in [0.25, 0.3) is 0 Å². The fourth-order valence-corrected chi connectivity index (χ4v) is 1.28. The number of carboxylic acids is 4. The molecule has 1 rings (SSSR count). The molecule has 0 aliphatic carbocycles. The molecule has 0 atom stereocenters. The van der Waals surface area contributed by atoms with Crippen LogP contribution in [0.4, 0.5) is 0 Å². The van der Waals surface area contributed by atoms with Gasteiger partial charge in [0.15, 0.2) is 0 Å². The first-order valence-electron chi connectivity index (χ1n) is 4.29. The van der Waals surface area contributed by atoms with Crippen molar-refractivity contribution in [2.24, 2.45) is 0 Å². The average molecular weight is 704 g/mol. The van der Waals surface area contributed by atoms with Crippen molar-refractivity contribution in [2.45, 2.75) is 0 Å². The standard InChI is InChI=1S/C10H6O8.4H2N.2Pt/c11-7(12)3-1-4(8(13)14)6(10(17)18)2-5(3)9(15)16;;;;;;/h1-2H,(H,11,12)(H,13,14)(H,15,16)(H,17,18);4*1H2;;/q;4*-1;2*+4/p-4. The van der Waals surface area contributed by atoms with Gasteiger partial charge in [0.05, 0.1) is 23.9 Å².